The van der Waals surface area contributed by atoms with E-state index in [1.807, 2.05) is 0 Å². The van der Waals surface area contributed by atoms with Crippen LogP contribution in [0.4, 0.5) is 0 Å². The normalized spacial score (nSPS) is 12.2. The van der Waals surface area contributed by atoms with Crippen LogP contribution in [0.25, 0.3) is 0 Å². The molecule has 1 heterocycles. The summed E-state index contributed by atoms with van der Waals surface area (Å²) < 4.78 is 6.83. The topological polar surface area (TPSA) is 59.4 Å². The lowest BCUT2D eigenvalue weighted by Gasteiger charge is -2.29. The van der Waals surface area contributed by atoms with Crippen molar-refractivity contribution in [1.82, 2.24) is 4.98 Å². The number of likely N-dealkylation sites (N-methyl/N-ethyl adjacent to an activating group) is 1. The molecule has 0 aliphatic heterocycles. The van der Waals surface area contributed by atoms with E-state index in [-0.39, 0.29) is 5.97 Å². The Hall–Kier alpha value is -1.66. The van der Waals surface area contributed by atoms with Crippen molar-refractivity contribution in [3.63, 3.8) is 0 Å². The Morgan fingerprint density at radius 3 is 1.97 bits per heavy atom. The fraction of sp³-hybridized carbons (Fsp3) is 0.750. The molecule has 0 spiro atoms. The molecular formula is C24H45N3O3+2. The number of quaternary nitrogens is 2. The van der Waals surface area contributed by atoms with Crippen LogP contribution in [0.3, 0.4) is 0 Å². The summed E-state index contributed by atoms with van der Waals surface area (Å²) in [6.45, 7) is 5.88. The molecule has 0 amide bonds. The Bertz CT molecular complexity index is 617. The van der Waals surface area contributed by atoms with Crippen LogP contribution < -0.4 is 0 Å². The third-order valence-electron chi connectivity index (χ3n) is 5.72. The number of rotatable bonds is 16. The van der Waals surface area contributed by atoms with Gasteiger partial charge in [-0.25, -0.2) is 0 Å². The van der Waals surface area contributed by atoms with Crippen molar-refractivity contribution in [2.75, 3.05) is 54.4 Å². The first-order valence-electron chi connectivity index (χ1n) is 11.5. The largest absolute Gasteiger partial charge is 0.506 e. The second-order valence-corrected chi connectivity index (χ2v) is 9.84. The predicted octanol–water partition coefficient (Wildman–Crippen LogP) is 4.12. The number of carbonyl (C=O) groups is 1. The smallest absolute Gasteiger partial charge is 0.302 e. The number of hydrogen-bond acceptors (Lipinski definition) is 4. The van der Waals surface area contributed by atoms with Crippen LogP contribution in [0, 0.1) is 0 Å². The molecule has 6 nitrogen and oxygen atoms in total. The lowest BCUT2D eigenvalue weighted by Crippen LogP contribution is -2.43. The molecular weight excluding hydrogens is 378 g/mol. The Balaban J connectivity index is 2.01. The average Bonchev–Trinajstić information content (AvgIpc) is 2.64. The number of aromatic hydroxyl groups is 1. The summed E-state index contributed by atoms with van der Waals surface area (Å²) in [6, 6.07) is 3.48. The summed E-state index contributed by atoms with van der Waals surface area (Å²) in [5.74, 6) is 0.111. The zero-order valence-corrected chi connectivity index (χ0v) is 20.0. The SMILES string of the molecule is CC(=O)OCC[N+](C)(C)CCCCCCCCCC[N+](C)(C)Cc1ncccc1O. The highest BCUT2D eigenvalue weighted by molar-refractivity contribution is 5.65. The summed E-state index contributed by atoms with van der Waals surface area (Å²) in [5.41, 5.74) is 0.788. The highest BCUT2D eigenvalue weighted by Gasteiger charge is 2.18. The second kappa shape index (κ2) is 13.6. The van der Waals surface area contributed by atoms with Gasteiger partial charge in [-0.2, -0.15) is 0 Å². The number of ether oxygens (including phenoxy) is 1. The fourth-order valence-electron chi connectivity index (χ4n) is 3.72. The number of hydrogen-bond donors (Lipinski definition) is 1. The maximum absolute atomic E-state index is 10.8. The average molecular weight is 424 g/mol. The summed E-state index contributed by atoms with van der Waals surface area (Å²) in [5, 5.41) is 9.92. The van der Waals surface area contributed by atoms with E-state index < -0.39 is 0 Å². The van der Waals surface area contributed by atoms with Gasteiger partial charge >= 0.3 is 5.97 Å². The van der Waals surface area contributed by atoms with Crippen molar-refractivity contribution in [1.29, 1.82) is 0 Å². The van der Waals surface area contributed by atoms with E-state index in [0.717, 1.165) is 40.8 Å². The minimum atomic E-state index is -0.190. The first-order valence-corrected chi connectivity index (χ1v) is 11.5. The number of unbranched alkanes of at least 4 members (excludes halogenated alkanes) is 7. The zero-order chi connectivity index (χ0) is 22.5. The lowest BCUT2D eigenvalue weighted by molar-refractivity contribution is -0.904. The Morgan fingerprint density at radius 1 is 0.900 bits per heavy atom. The van der Waals surface area contributed by atoms with Gasteiger partial charge in [0, 0.05) is 13.1 Å². The summed E-state index contributed by atoms with van der Waals surface area (Å²) in [6.07, 6.45) is 12.0. The van der Waals surface area contributed by atoms with Crippen molar-refractivity contribution in [3.05, 3.63) is 24.0 Å². The van der Waals surface area contributed by atoms with Gasteiger partial charge in [-0.1, -0.05) is 25.7 Å². The van der Waals surface area contributed by atoms with E-state index in [2.05, 4.69) is 33.2 Å². The molecule has 0 bridgehead atoms. The van der Waals surface area contributed by atoms with Crippen LogP contribution in [0.15, 0.2) is 18.3 Å². The Labute approximate surface area is 184 Å². The number of aromatic nitrogens is 1. The van der Waals surface area contributed by atoms with E-state index in [9.17, 15) is 9.90 Å². The van der Waals surface area contributed by atoms with E-state index in [4.69, 9.17) is 4.74 Å². The molecule has 1 aromatic rings. The van der Waals surface area contributed by atoms with E-state index in [1.54, 1.807) is 18.3 Å². The molecule has 0 atom stereocenters. The number of nitrogens with zero attached hydrogens (tertiary/aromatic N) is 3. The van der Waals surface area contributed by atoms with E-state index in [1.165, 1.54) is 58.3 Å². The molecule has 0 aliphatic carbocycles. The van der Waals surface area contributed by atoms with Crippen molar-refractivity contribution in [2.24, 2.45) is 0 Å². The number of carbonyl (C=O) groups excluding carboxylic acids is 1. The number of pyridine rings is 1. The highest BCUT2D eigenvalue weighted by Crippen LogP contribution is 2.18. The standard InChI is InChI=1S/C24H44N3O3/c1-22(28)30-20-19-26(2,3)17-12-10-8-6-7-9-11-13-18-27(4,5)21-23-24(29)15-14-16-25-23/h14-16H,6-13,17-21H2,1-5H3/q+1/p+1. The maximum atomic E-state index is 10.8. The third kappa shape index (κ3) is 12.8. The predicted molar refractivity (Wildman–Crippen MR) is 122 cm³/mol. The van der Waals surface area contributed by atoms with Crippen molar-refractivity contribution in [2.45, 2.75) is 64.8 Å². The first-order chi connectivity index (χ1) is 14.1. The van der Waals surface area contributed by atoms with Crippen LogP contribution >= 0.6 is 0 Å². The van der Waals surface area contributed by atoms with E-state index >= 15 is 0 Å². The van der Waals surface area contributed by atoms with Crippen molar-refractivity contribution < 1.29 is 23.6 Å². The number of esters is 1. The summed E-state index contributed by atoms with van der Waals surface area (Å²) in [7, 11) is 8.83. The van der Waals surface area contributed by atoms with E-state index in [0.29, 0.717) is 12.4 Å². The van der Waals surface area contributed by atoms with Crippen LogP contribution in [0.2, 0.25) is 0 Å². The van der Waals surface area contributed by atoms with Crippen molar-refractivity contribution >= 4 is 5.97 Å². The molecule has 0 saturated carbocycles. The molecule has 0 unspecified atom stereocenters. The molecule has 0 radical (unpaired) electrons. The van der Waals surface area contributed by atoms with Gasteiger partial charge in [0.25, 0.3) is 0 Å². The molecule has 0 fully saturated rings. The fourth-order valence-corrected chi connectivity index (χ4v) is 3.72. The van der Waals surface area contributed by atoms with Gasteiger partial charge in [0.1, 0.15) is 31.1 Å². The molecule has 0 saturated heterocycles. The monoisotopic (exact) mass is 423 g/mol. The molecule has 1 N–H and O–H groups in total. The molecule has 0 aliphatic rings. The molecule has 30 heavy (non-hydrogen) atoms. The Morgan fingerprint density at radius 2 is 1.43 bits per heavy atom. The van der Waals surface area contributed by atoms with Gasteiger partial charge < -0.3 is 18.8 Å². The highest BCUT2D eigenvalue weighted by atomic mass is 16.5. The van der Waals surface area contributed by atoms with Crippen LogP contribution in [-0.4, -0.2) is 79.5 Å². The molecule has 0 aromatic carbocycles. The molecule has 1 rings (SSSR count). The van der Waals surface area contributed by atoms with Crippen molar-refractivity contribution in [3.8, 4) is 5.75 Å². The van der Waals surface area contributed by atoms with Gasteiger partial charge in [-0.05, 0) is 37.8 Å². The Kier molecular flexibility index (Phi) is 12.0. The van der Waals surface area contributed by atoms with Gasteiger partial charge in [0.2, 0.25) is 0 Å². The van der Waals surface area contributed by atoms with Gasteiger partial charge in [0.05, 0.1) is 41.3 Å². The maximum Gasteiger partial charge on any atom is 0.302 e. The molecule has 172 valence electrons. The summed E-state index contributed by atoms with van der Waals surface area (Å²) in [4.78, 5) is 15.2. The molecule has 6 heteroatoms. The molecule has 1 aromatic heterocycles. The first kappa shape index (κ1) is 26.4. The van der Waals surface area contributed by atoms with Gasteiger partial charge in [0.15, 0.2) is 0 Å². The van der Waals surface area contributed by atoms with Crippen LogP contribution in [0.5, 0.6) is 5.75 Å². The quantitative estimate of drug-likeness (QED) is 0.247. The minimum Gasteiger partial charge on any atom is -0.506 e. The minimum absolute atomic E-state index is 0.190. The zero-order valence-electron chi connectivity index (χ0n) is 20.0. The summed E-state index contributed by atoms with van der Waals surface area (Å²) >= 11 is 0. The van der Waals surface area contributed by atoms with Gasteiger partial charge in [-0.3, -0.25) is 9.78 Å². The second-order valence-electron chi connectivity index (χ2n) is 9.84. The van der Waals surface area contributed by atoms with Crippen LogP contribution in [-0.2, 0) is 16.1 Å². The van der Waals surface area contributed by atoms with Crippen LogP contribution in [0.1, 0.15) is 64.0 Å². The third-order valence-corrected chi connectivity index (χ3v) is 5.72. The lowest BCUT2D eigenvalue weighted by atomic mass is 10.1. The van der Waals surface area contributed by atoms with Gasteiger partial charge in [-0.15, -0.1) is 0 Å².